The Morgan fingerprint density at radius 1 is 1.47 bits per heavy atom. The van der Waals surface area contributed by atoms with Crippen molar-refractivity contribution in [2.24, 2.45) is 10.8 Å². The molecule has 0 aliphatic rings. The summed E-state index contributed by atoms with van der Waals surface area (Å²) in [5.74, 6) is 0. The van der Waals surface area contributed by atoms with Gasteiger partial charge >= 0.3 is 0 Å². The van der Waals surface area contributed by atoms with Gasteiger partial charge in [0.25, 0.3) is 0 Å². The number of hydrazone groups is 1. The molecule has 0 unspecified atom stereocenters. The number of hydrogen-bond acceptors (Lipinski definition) is 3. The predicted molar refractivity (Wildman–Crippen MR) is 68.3 cm³/mol. The van der Waals surface area contributed by atoms with Crippen molar-refractivity contribution < 1.29 is 0 Å². The molecule has 0 amide bonds. The van der Waals surface area contributed by atoms with Crippen LogP contribution in [0.25, 0.3) is 6.08 Å². The molecule has 0 spiro atoms. The second-order valence-corrected chi connectivity index (χ2v) is 3.22. The molecule has 1 aromatic rings. The number of allylic oxidation sites excluding steroid dienone is 1. The fourth-order valence-corrected chi connectivity index (χ4v) is 1.01. The van der Waals surface area contributed by atoms with Gasteiger partial charge in [0, 0.05) is 11.9 Å². The van der Waals surface area contributed by atoms with Crippen molar-refractivity contribution in [3.05, 3.63) is 35.9 Å². The van der Waals surface area contributed by atoms with E-state index >= 15 is 0 Å². The van der Waals surface area contributed by atoms with E-state index in [0.29, 0.717) is 0 Å². The Balaban J connectivity index is 2.51. The molecule has 0 fully saturated rings. The number of nitrogens with one attached hydrogen (secondary N) is 1. The van der Waals surface area contributed by atoms with Gasteiger partial charge in [-0.2, -0.15) is 5.10 Å². The first-order chi connectivity index (χ1) is 7.18. The van der Waals surface area contributed by atoms with Gasteiger partial charge in [0.2, 0.25) is 0 Å². The van der Waals surface area contributed by atoms with Crippen LogP contribution in [-0.4, -0.2) is 11.3 Å². The maximum Gasteiger partial charge on any atom is 0.184 e. The number of thiocarbonyl (C=S) groups is 1. The van der Waals surface area contributed by atoms with Crippen LogP contribution in [0.15, 0.2) is 35.4 Å². The Labute approximate surface area is 93.7 Å². The van der Waals surface area contributed by atoms with Crippen molar-refractivity contribution in [3.8, 4) is 0 Å². The highest BCUT2D eigenvalue weighted by Gasteiger charge is 1.85. The molecule has 0 heterocycles. The summed E-state index contributed by atoms with van der Waals surface area (Å²) in [5.41, 5.74) is 15.0. The first kappa shape index (κ1) is 11.2. The Morgan fingerprint density at radius 3 is 2.93 bits per heavy atom. The average Bonchev–Trinajstić information content (AvgIpc) is 2.17. The minimum atomic E-state index is 0.142. The van der Waals surface area contributed by atoms with Crippen molar-refractivity contribution in [2.45, 2.75) is 0 Å². The number of rotatable bonds is 3. The number of nitrogen functional groups attached to an aromatic ring is 1. The van der Waals surface area contributed by atoms with Crippen LogP contribution in [0.2, 0.25) is 0 Å². The van der Waals surface area contributed by atoms with E-state index in [0.717, 1.165) is 11.3 Å². The normalized spacial score (nSPS) is 10.9. The molecule has 0 aliphatic heterocycles. The van der Waals surface area contributed by atoms with Crippen LogP contribution in [0.3, 0.4) is 0 Å². The summed E-state index contributed by atoms with van der Waals surface area (Å²) in [4.78, 5) is 0. The summed E-state index contributed by atoms with van der Waals surface area (Å²) in [7, 11) is 0. The third kappa shape index (κ3) is 4.78. The van der Waals surface area contributed by atoms with E-state index in [9.17, 15) is 0 Å². The minimum absolute atomic E-state index is 0.142. The molecule has 0 aromatic heterocycles. The SMILES string of the molecule is NC(=S)N/N=C/C=C/c1cccc(N)c1. The fourth-order valence-electron chi connectivity index (χ4n) is 0.961. The van der Waals surface area contributed by atoms with E-state index < -0.39 is 0 Å². The molecule has 0 atom stereocenters. The average molecular weight is 220 g/mol. The first-order valence-corrected chi connectivity index (χ1v) is 4.70. The molecule has 0 saturated carbocycles. The van der Waals surface area contributed by atoms with Crippen molar-refractivity contribution >= 4 is 35.3 Å². The minimum Gasteiger partial charge on any atom is -0.399 e. The van der Waals surface area contributed by atoms with E-state index in [2.05, 4.69) is 22.7 Å². The molecule has 0 saturated heterocycles. The number of nitrogens with two attached hydrogens (primary N) is 2. The molecule has 15 heavy (non-hydrogen) atoms. The summed E-state index contributed by atoms with van der Waals surface area (Å²) >= 11 is 4.57. The number of benzene rings is 1. The summed E-state index contributed by atoms with van der Waals surface area (Å²) in [5, 5.41) is 3.89. The van der Waals surface area contributed by atoms with Crippen molar-refractivity contribution in [1.82, 2.24) is 5.43 Å². The third-order valence-electron chi connectivity index (χ3n) is 1.53. The van der Waals surface area contributed by atoms with Crippen LogP contribution in [0.5, 0.6) is 0 Å². The summed E-state index contributed by atoms with van der Waals surface area (Å²) in [6.45, 7) is 0. The first-order valence-electron chi connectivity index (χ1n) is 4.29. The zero-order valence-corrected chi connectivity index (χ0v) is 8.87. The maximum absolute atomic E-state index is 5.62. The second-order valence-electron chi connectivity index (χ2n) is 2.78. The van der Waals surface area contributed by atoms with E-state index in [1.807, 2.05) is 30.3 Å². The van der Waals surface area contributed by atoms with Crippen molar-refractivity contribution in [3.63, 3.8) is 0 Å². The highest BCUT2D eigenvalue weighted by molar-refractivity contribution is 7.80. The lowest BCUT2D eigenvalue weighted by Crippen LogP contribution is -2.23. The monoisotopic (exact) mass is 220 g/mol. The van der Waals surface area contributed by atoms with Gasteiger partial charge in [0.05, 0.1) is 0 Å². The van der Waals surface area contributed by atoms with Crippen molar-refractivity contribution in [2.75, 3.05) is 5.73 Å². The van der Waals surface area contributed by atoms with Gasteiger partial charge in [-0.05, 0) is 36.0 Å². The summed E-state index contributed by atoms with van der Waals surface area (Å²) in [6.07, 6.45) is 5.20. The largest absolute Gasteiger partial charge is 0.399 e. The molecule has 1 rings (SSSR count). The van der Waals surface area contributed by atoms with E-state index in [1.54, 1.807) is 12.3 Å². The smallest absolute Gasteiger partial charge is 0.184 e. The van der Waals surface area contributed by atoms with Crippen LogP contribution in [0.1, 0.15) is 5.56 Å². The Bertz CT molecular complexity index is 398. The highest BCUT2D eigenvalue weighted by Crippen LogP contribution is 2.07. The van der Waals surface area contributed by atoms with Crippen LogP contribution < -0.4 is 16.9 Å². The molecular weight excluding hydrogens is 208 g/mol. The topological polar surface area (TPSA) is 76.4 Å². The van der Waals surface area contributed by atoms with Gasteiger partial charge in [-0.3, -0.25) is 5.43 Å². The van der Waals surface area contributed by atoms with Crippen molar-refractivity contribution in [1.29, 1.82) is 0 Å². The van der Waals surface area contributed by atoms with E-state index in [-0.39, 0.29) is 5.11 Å². The molecule has 5 heteroatoms. The third-order valence-corrected chi connectivity index (χ3v) is 1.63. The molecule has 0 aliphatic carbocycles. The quantitative estimate of drug-likeness (QED) is 0.308. The Morgan fingerprint density at radius 2 is 2.27 bits per heavy atom. The molecule has 1 aromatic carbocycles. The maximum atomic E-state index is 5.62. The van der Waals surface area contributed by atoms with Crippen LogP contribution in [-0.2, 0) is 0 Å². The van der Waals surface area contributed by atoms with Gasteiger partial charge in [-0.1, -0.05) is 18.2 Å². The lowest BCUT2D eigenvalue weighted by molar-refractivity contribution is 1.04. The molecular formula is C10H12N4S. The van der Waals surface area contributed by atoms with E-state index in [1.165, 1.54) is 0 Å². The Hall–Kier alpha value is -1.88. The number of anilines is 1. The second kappa shape index (κ2) is 5.77. The number of nitrogens with zero attached hydrogens (tertiary/aromatic N) is 1. The highest BCUT2D eigenvalue weighted by atomic mass is 32.1. The van der Waals surface area contributed by atoms with Crippen LogP contribution in [0.4, 0.5) is 5.69 Å². The predicted octanol–water partition coefficient (Wildman–Crippen LogP) is 1.10. The van der Waals surface area contributed by atoms with E-state index in [4.69, 9.17) is 11.5 Å². The molecule has 78 valence electrons. The standard InChI is InChI=1S/C10H12N4S/c11-9-5-1-3-8(7-9)4-2-6-13-14-10(12)15/h1-7H,11H2,(H3,12,14,15)/b4-2+,13-6+. The van der Waals surface area contributed by atoms with Gasteiger partial charge < -0.3 is 11.5 Å². The molecule has 0 bridgehead atoms. The van der Waals surface area contributed by atoms with Gasteiger partial charge in [-0.25, -0.2) is 0 Å². The lowest BCUT2D eigenvalue weighted by Gasteiger charge is -1.94. The van der Waals surface area contributed by atoms with Crippen LogP contribution in [0, 0.1) is 0 Å². The molecule has 4 nitrogen and oxygen atoms in total. The molecule has 5 N–H and O–H groups in total. The van der Waals surface area contributed by atoms with Gasteiger partial charge in [0.1, 0.15) is 0 Å². The summed E-state index contributed by atoms with van der Waals surface area (Å²) < 4.78 is 0. The zero-order valence-electron chi connectivity index (χ0n) is 8.05. The van der Waals surface area contributed by atoms with Gasteiger partial charge in [-0.15, -0.1) is 0 Å². The number of hydrogen-bond donors (Lipinski definition) is 3. The van der Waals surface area contributed by atoms with Gasteiger partial charge in [0.15, 0.2) is 5.11 Å². The summed E-state index contributed by atoms with van der Waals surface area (Å²) in [6, 6.07) is 7.53. The fraction of sp³-hybridized carbons (Fsp3) is 0. The zero-order chi connectivity index (χ0) is 11.1. The van der Waals surface area contributed by atoms with Crippen LogP contribution >= 0.6 is 12.2 Å². The Kier molecular flexibility index (Phi) is 4.30. The lowest BCUT2D eigenvalue weighted by atomic mass is 10.2. The molecule has 0 radical (unpaired) electrons.